The molecule has 2 rings (SSSR count). The molecule has 0 heterocycles. The van der Waals surface area contributed by atoms with Gasteiger partial charge in [-0.25, -0.2) is 16.8 Å². The van der Waals surface area contributed by atoms with Gasteiger partial charge in [0.2, 0.25) is 10.0 Å². The number of anilines is 1. The van der Waals surface area contributed by atoms with E-state index in [2.05, 4.69) is 10.1 Å². The molecule has 128 valence electrons. The minimum atomic E-state index is -3.87. The lowest BCUT2D eigenvalue weighted by Crippen LogP contribution is -2.41. The zero-order valence-electron chi connectivity index (χ0n) is 12.6. The molecule has 0 aliphatic rings. The Hall–Kier alpha value is -2.43. The van der Waals surface area contributed by atoms with E-state index in [0.717, 1.165) is 6.26 Å². The molecular weight excluding hydrogens is 354 g/mol. The first-order valence-corrected chi connectivity index (χ1v) is 10.00. The number of hydrogen-bond acceptors (Lipinski definition) is 5. The van der Waals surface area contributed by atoms with Crippen molar-refractivity contribution in [2.45, 2.75) is 4.90 Å². The van der Waals surface area contributed by atoms with Crippen LogP contribution in [0.3, 0.4) is 0 Å². The topological polar surface area (TPSA) is 121 Å². The number of hydrazine groups is 1. The largest absolute Gasteiger partial charge is 0.284 e. The molecule has 2 aromatic rings. The normalized spacial score (nSPS) is 11.7. The number of amides is 1. The zero-order chi connectivity index (χ0) is 17.8. The van der Waals surface area contributed by atoms with E-state index in [-0.39, 0.29) is 10.5 Å². The molecule has 0 unspecified atom stereocenters. The third kappa shape index (κ3) is 5.05. The smallest absolute Gasteiger partial charge is 0.266 e. The number of hydrogen-bond donors (Lipinski definition) is 3. The SMILES string of the molecule is CS(=O)(=O)Nc1ccc(C(=O)NNS(=O)(=O)c2ccccc2)cc1. The van der Waals surface area contributed by atoms with Crippen LogP contribution in [0.1, 0.15) is 10.4 Å². The molecule has 0 fully saturated rings. The van der Waals surface area contributed by atoms with Crippen molar-refractivity contribution in [3.05, 3.63) is 60.2 Å². The number of nitrogens with one attached hydrogen (secondary N) is 3. The van der Waals surface area contributed by atoms with E-state index in [0.29, 0.717) is 5.69 Å². The fourth-order valence-corrected chi connectivity index (χ4v) is 3.17. The highest BCUT2D eigenvalue weighted by Gasteiger charge is 2.15. The standard InChI is InChI=1S/C14H15N3O5S2/c1-23(19,20)16-12-9-7-11(8-10-12)14(18)15-17-24(21,22)13-5-3-2-4-6-13/h2-10,16-17H,1H3,(H,15,18). The Morgan fingerprint density at radius 1 is 0.875 bits per heavy atom. The summed E-state index contributed by atoms with van der Waals surface area (Å²) in [4.78, 5) is 13.9. The van der Waals surface area contributed by atoms with E-state index in [1.165, 1.54) is 36.4 Å². The van der Waals surface area contributed by atoms with Gasteiger partial charge in [-0.2, -0.15) is 0 Å². The molecule has 0 saturated heterocycles. The van der Waals surface area contributed by atoms with Crippen LogP contribution in [0.5, 0.6) is 0 Å². The summed E-state index contributed by atoms with van der Waals surface area (Å²) in [5.41, 5.74) is 2.54. The van der Waals surface area contributed by atoms with Gasteiger partial charge in [-0.05, 0) is 36.4 Å². The quantitative estimate of drug-likeness (QED) is 0.647. The maximum absolute atomic E-state index is 12.0. The van der Waals surface area contributed by atoms with Crippen molar-refractivity contribution >= 4 is 31.6 Å². The van der Waals surface area contributed by atoms with Crippen LogP contribution in [0.4, 0.5) is 5.69 Å². The first-order chi connectivity index (χ1) is 11.2. The zero-order valence-corrected chi connectivity index (χ0v) is 14.2. The third-order valence-electron chi connectivity index (χ3n) is 2.80. The number of sulfonamides is 2. The van der Waals surface area contributed by atoms with E-state index < -0.39 is 26.0 Å². The minimum Gasteiger partial charge on any atom is -0.284 e. The van der Waals surface area contributed by atoms with E-state index >= 15 is 0 Å². The van der Waals surface area contributed by atoms with Gasteiger partial charge in [0.25, 0.3) is 15.9 Å². The van der Waals surface area contributed by atoms with E-state index in [4.69, 9.17) is 0 Å². The average Bonchev–Trinajstić information content (AvgIpc) is 2.53. The molecule has 0 aliphatic carbocycles. The Kier molecular flexibility index (Phi) is 5.22. The van der Waals surface area contributed by atoms with E-state index in [1.54, 1.807) is 18.2 Å². The monoisotopic (exact) mass is 369 g/mol. The summed E-state index contributed by atoms with van der Waals surface area (Å²) in [5, 5.41) is 0. The molecular formula is C14H15N3O5S2. The summed E-state index contributed by atoms with van der Waals surface area (Å²) >= 11 is 0. The van der Waals surface area contributed by atoms with Crippen molar-refractivity contribution in [2.75, 3.05) is 11.0 Å². The fourth-order valence-electron chi connectivity index (χ4n) is 1.75. The van der Waals surface area contributed by atoms with Gasteiger partial charge < -0.3 is 0 Å². The molecule has 24 heavy (non-hydrogen) atoms. The third-order valence-corrected chi connectivity index (χ3v) is 4.67. The van der Waals surface area contributed by atoms with Crippen LogP contribution in [0.25, 0.3) is 0 Å². The molecule has 10 heteroatoms. The lowest BCUT2D eigenvalue weighted by molar-refractivity contribution is 0.0945. The molecule has 0 aliphatic heterocycles. The fraction of sp³-hybridized carbons (Fsp3) is 0.0714. The Morgan fingerprint density at radius 3 is 2.00 bits per heavy atom. The van der Waals surface area contributed by atoms with Crippen molar-refractivity contribution in [3.63, 3.8) is 0 Å². The molecule has 0 radical (unpaired) electrons. The molecule has 2 aromatic carbocycles. The number of rotatable bonds is 6. The highest BCUT2D eigenvalue weighted by atomic mass is 32.2. The van der Waals surface area contributed by atoms with Crippen LogP contribution in [-0.2, 0) is 20.0 Å². The van der Waals surface area contributed by atoms with Gasteiger partial charge >= 0.3 is 0 Å². The maximum Gasteiger partial charge on any atom is 0.266 e. The maximum atomic E-state index is 12.0. The second-order valence-electron chi connectivity index (χ2n) is 4.82. The summed E-state index contributed by atoms with van der Waals surface area (Å²) in [5.74, 6) is -0.680. The highest BCUT2D eigenvalue weighted by molar-refractivity contribution is 7.92. The molecule has 0 spiro atoms. The van der Waals surface area contributed by atoms with E-state index in [1.807, 2.05) is 4.83 Å². The van der Waals surface area contributed by atoms with Crippen molar-refractivity contribution in [1.29, 1.82) is 0 Å². The molecule has 1 amide bonds. The van der Waals surface area contributed by atoms with Gasteiger partial charge in [-0.15, -0.1) is 4.83 Å². The summed E-state index contributed by atoms with van der Waals surface area (Å²) in [7, 11) is -7.28. The molecule has 0 bridgehead atoms. The molecule has 0 atom stereocenters. The van der Waals surface area contributed by atoms with Gasteiger partial charge in [-0.3, -0.25) is 14.9 Å². The number of carbonyl (C=O) groups is 1. The summed E-state index contributed by atoms with van der Waals surface area (Å²) in [6.07, 6.45) is 1.01. The minimum absolute atomic E-state index is 0.0120. The van der Waals surface area contributed by atoms with Gasteiger partial charge in [0.05, 0.1) is 11.2 Å². The average molecular weight is 369 g/mol. The van der Waals surface area contributed by atoms with Crippen molar-refractivity contribution in [2.24, 2.45) is 0 Å². The predicted octanol–water partition coefficient (Wildman–Crippen LogP) is 0.681. The van der Waals surface area contributed by atoms with Crippen LogP contribution < -0.4 is 15.0 Å². The van der Waals surface area contributed by atoms with E-state index in [9.17, 15) is 21.6 Å². The molecule has 8 nitrogen and oxygen atoms in total. The predicted molar refractivity (Wildman–Crippen MR) is 89.1 cm³/mol. The van der Waals surface area contributed by atoms with Crippen LogP contribution in [0, 0.1) is 0 Å². The molecule has 3 N–H and O–H groups in total. The van der Waals surface area contributed by atoms with Crippen LogP contribution in [-0.4, -0.2) is 29.0 Å². The lowest BCUT2D eigenvalue weighted by atomic mass is 10.2. The summed E-state index contributed by atoms with van der Waals surface area (Å²) < 4.78 is 48.4. The van der Waals surface area contributed by atoms with Crippen LogP contribution in [0.15, 0.2) is 59.5 Å². The lowest BCUT2D eigenvalue weighted by Gasteiger charge is -2.09. The first kappa shape index (κ1) is 17.9. The van der Waals surface area contributed by atoms with Crippen LogP contribution >= 0.6 is 0 Å². The highest BCUT2D eigenvalue weighted by Crippen LogP contribution is 2.11. The van der Waals surface area contributed by atoms with Crippen LogP contribution in [0.2, 0.25) is 0 Å². The van der Waals surface area contributed by atoms with Crippen molar-refractivity contribution < 1.29 is 21.6 Å². The first-order valence-electron chi connectivity index (χ1n) is 6.62. The Labute approximate surface area is 140 Å². The van der Waals surface area contributed by atoms with Gasteiger partial charge in [0, 0.05) is 11.3 Å². The molecule has 0 saturated carbocycles. The number of benzene rings is 2. The Morgan fingerprint density at radius 2 is 1.46 bits per heavy atom. The second kappa shape index (κ2) is 6.99. The molecule has 0 aromatic heterocycles. The van der Waals surface area contributed by atoms with Crippen molar-refractivity contribution in [1.82, 2.24) is 10.3 Å². The summed E-state index contributed by atoms with van der Waals surface area (Å²) in [6.45, 7) is 0. The van der Waals surface area contributed by atoms with Gasteiger partial charge in [-0.1, -0.05) is 18.2 Å². The van der Waals surface area contributed by atoms with Crippen molar-refractivity contribution in [3.8, 4) is 0 Å². The summed E-state index contributed by atoms with van der Waals surface area (Å²) in [6, 6.07) is 13.1. The van der Waals surface area contributed by atoms with Gasteiger partial charge in [0.15, 0.2) is 0 Å². The Balaban J connectivity index is 2.03. The second-order valence-corrected chi connectivity index (χ2v) is 8.26. The van der Waals surface area contributed by atoms with Gasteiger partial charge in [0.1, 0.15) is 0 Å². The number of carbonyl (C=O) groups excluding carboxylic acids is 1. The Bertz CT molecular complexity index is 924.